The van der Waals surface area contributed by atoms with E-state index in [0.29, 0.717) is 18.5 Å². The number of rotatable bonds is 4. The first-order chi connectivity index (χ1) is 11.1. The molecule has 1 heterocycles. The molecule has 0 spiro atoms. The molecule has 0 saturated heterocycles. The number of hydrogen-bond donors (Lipinski definition) is 1. The second-order valence-corrected chi connectivity index (χ2v) is 6.54. The maximum absolute atomic E-state index is 12.3. The maximum atomic E-state index is 12.3. The Balaban J connectivity index is 2.98. The van der Waals surface area contributed by atoms with Gasteiger partial charge in [-0.25, -0.2) is 4.79 Å². The van der Waals surface area contributed by atoms with Crippen LogP contribution in [0.3, 0.4) is 0 Å². The van der Waals surface area contributed by atoms with Crippen LogP contribution < -0.4 is 0 Å². The molecule has 24 heavy (non-hydrogen) atoms. The van der Waals surface area contributed by atoms with Crippen molar-refractivity contribution in [3.8, 4) is 6.07 Å². The smallest absolute Gasteiger partial charge is 0.411 e. The van der Waals surface area contributed by atoms with Crippen LogP contribution in [0.2, 0.25) is 0 Å². The van der Waals surface area contributed by atoms with E-state index in [4.69, 9.17) is 14.9 Å². The number of ether oxygens (including phenoxy) is 2. The highest BCUT2D eigenvalue weighted by atomic mass is 16.6. The van der Waals surface area contributed by atoms with E-state index in [-0.39, 0.29) is 12.3 Å². The number of esters is 1. The second-order valence-electron chi connectivity index (χ2n) is 6.54. The molecular formula is C17H25N3O4. The molecule has 0 aromatic carbocycles. The highest BCUT2D eigenvalue weighted by molar-refractivity contribution is 6.10. The summed E-state index contributed by atoms with van der Waals surface area (Å²) in [5.74, 6) is -1.32. The van der Waals surface area contributed by atoms with E-state index in [2.05, 4.69) is 0 Å². The molecule has 2 unspecified atom stereocenters. The van der Waals surface area contributed by atoms with E-state index in [0.717, 1.165) is 0 Å². The Bertz CT molecular complexity index is 584. The summed E-state index contributed by atoms with van der Waals surface area (Å²) in [5.41, 5.74) is -0.326. The van der Waals surface area contributed by atoms with E-state index in [1.807, 2.05) is 6.07 Å². The number of carbonyl (C=O) groups excluding carboxylic acids is 2. The molecule has 0 fully saturated rings. The molecule has 0 aromatic heterocycles. The Morgan fingerprint density at radius 3 is 2.62 bits per heavy atom. The number of amides is 1. The number of carbonyl (C=O) groups is 2. The standard InChI is InChI=1S/C17H25N3O4/c1-6-23-15(21)11(2)14(19)12-8-7-9-20(13(12)10-18)16(22)24-17(3,4)5/h8,11,13,19H,6-7,9H2,1-5H3. The van der Waals surface area contributed by atoms with Crippen LogP contribution in [0, 0.1) is 22.7 Å². The Labute approximate surface area is 142 Å². The van der Waals surface area contributed by atoms with Crippen LogP contribution in [0.5, 0.6) is 0 Å². The van der Waals surface area contributed by atoms with E-state index in [9.17, 15) is 14.9 Å². The lowest BCUT2D eigenvalue weighted by Gasteiger charge is -2.34. The van der Waals surface area contributed by atoms with Gasteiger partial charge in [0.1, 0.15) is 11.6 Å². The van der Waals surface area contributed by atoms with Crippen LogP contribution in [0.15, 0.2) is 11.6 Å². The van der Waals surface area contributed by atoms with E-state index in [1.165, 1.54) is 4.90 Å². The Morgan fingerprint density at radius 1 is 1.50 bits per heavy atom. The topological polar surface area (TPSA) is 103 Å². The first kappa shape index (κ1) is 19.7. The van der Waals surface area contributed by atoms with Gasteiger partial charge in [0.25, 0.3) is 0 Å². The lowest BCUT2D eigenvalue weighted by Crippen LogP contribution is -2.48. The first-order valence-electron chi connectivity index (χ1n) is 7.97. The molecule has 0 bridgehead atoms. The van der Waals surface area contributed by atoms with Gasteiger partial charge in [-0.05, 0) is 41.0 Å². The average Bonchev–Trinajstić information content (AvgIpc) is 2.51. The molecule has 1 amide bonds. The zero-order valence-electron chi connectivity index (χ0n) is 14.9. The summed E-state index contributed by atoms with van der Waals surface area (Å²) in [4.78, 5) is 25.5. The highest BCUT2D eigenvalue weighted by Gasteiger charge is 2.36. The van der Waals surface area contributed by atoms with Crippen LogP contribution in [-0.2, 0) is 14.3 Å². The third-order valence-electron chi connectivity index (χ3n) is 3.47. The van der Waals surface area contributed by atoms with Crippen molar-refractivity contribution in [2.24, 2.45) is 5.92 Å². The SMILES string of the molecule is CCOC(=O)C(C)C(=N)C1=CCCN(C(=O)OC(C)(C)C)C1C#N. The van der Waals surface area contributed by atoms with Crippen molar-refractivity contribution >= 4 is 17.8 Å². The van der Waals surface area contributed by atoms with Gasteiger partial charge in [-0.3, -0.25) is 9.69 Å². The highest BCUT2D eigenvalue weighted by Crippen LogP contribution is 2.24. The van der Waals surface area contributed by atoms with E-state index in [1.54, 1.807) is 40.7 Å². The van der Waals surface area contributed by atoms with Crippen molar-refractivity contribution in [3.63, 3.8) is 0 Å². The zero-order chi connectivity index (χ0) is 18.5. The fourth-order valence-corrected chi connectivity index (χ4v) is 2.32. The van der Waals surface area contributed by atoms with Crippen LogP contribution in [-0.4, -0.2) is 47.5 Å². The number of nitriles is 1. The molecular weight excluding hydrogens is 310 g/mol. The second kappa shape index (κ2) is 7.95. The molecule has 1 rings (SSSR count). The van der Waals surface area contributed by atoms with Crippen molar-refractivity contribution < 1.29 is 19.1 Å². The maximum Gasteiger partial charge on any atom is 0.411 e. The van der Waals surface area contributed by atoms with Crippen LogP contribution in [0.1, 0.15) is 41.0 Å². The Hall–Kier alpha value is -2.36. The molecule has 7 heteroatoms. The summed E-state index contributed by atoms with van der Waals surface area (Å²) in [5, 5.41) is 17.7. The van der Waals surface area contributed by atoms with Gasteiger partial charge in [-0.2, -0.15) is 5.26 Å². The molecule has 1 aliphatic rings. The fraction of sp³-hybridized carbons (Fsp3) is 0.647. The van der Waals surface area contributed by atoms with Crippen molar-refractivity contribution in [3.05, 3.63) is 11.6 Å². The first-order valence-corrected chi connectivity index (χ1v) is 7.97. The summed E-state index contributed by atoms with van der Waals surface area (Å²) in [6, 6.07) is 1.10. The predicted octanol–water partition coefficient (Wildman–Crippen LogP) is 2.66. The van der Waals surface area contributed by atoms with Crippen molar-refractivity contribution in [1.29, 1.82) is 10.7 Å². The molecule has 0 aromatic rings. The minimum absolute atomic E-state index is 0.00624. The summed E-state index contributed by atoms with van der Waals surface area (Å²) in [6.45, 7) is 9.05. The zero-order valence-corrected chi connectivity index (χ0v) is 14.9. The van der Waals surface area contributed by atoms with E-state index < -0.39 is 29.6 Å². The van der Waals surface area contributed by atoms with Gasteiger partial charge in [-0.15, -0.1) is 0 Å². The Morgan fingerprint density at radius 2 is 2.12 bits per heavy atom. The summed E-state index contributed by atoms with van der Waals surface area (Å²) < 4.78 is 10.3. The third kappa shape index (κ3) is 4.82. The third-order valence-corrected chi connectivity index (χ3v) is 3.47. The minimum atomic E-state index is -0.946. The molecule has 132 valence electrons. The Kier molecular flexibility index (Phi) is 6.52. The predicted molar refractivity (Wildman–Crippen MR) is 88.6 cm³/mol. The summed E-state index contributed by atoms with van der Waals surface area (Å²) in [6.07, 6.45) is 1.62. The van der Waals surface area contributed by atoms with Crippen molar-refractivity contribution in [2.75, 3.05) is 13.2 Å². The van der Waals surface area contributed by atoms with Gasteiger partial charge in [0.2, 0.25) is 0 Å². The molecule has 0 aliphatic carbocycles. The monoisotopic (exact) mass is 335 g/mol. The normalized spacial score (nSPS) is 18.9. The van der Waals surface area contributed by atoms with Crippen molar-refractivity contribution in [1.82, 2.24) is 4.90 Å². The lowest BCUT2D eigenvalue weighted by molar-refractivity contribution is -0.145. The quantitative estimate of drug-likeness (QED) is 0.628. The van der Waals surface area contributed by atoms with Gasteiger partial charge in [0.15, 0.2) is 0 Å². The number of nitrogens with zero attached hydrogens (tertiary/aromatic N) is 2. The van der Waals surface area contributed by atoms with Crippen LogP contribution in [0.25, 0.3) is 0 Å². The molecule has 0 radical (unpaired) electrons. The molecule has 1 aliphatic heterocycles. The summed E-state index contributed by atoms with van der Waals surface area (Å²) >= 11 is 0. The van der Waals surface area contributed by atoms with Gasteiger partial charge < -0.3 is 14.9 Å². The molecule has 1 N–H and O–H groups in total. The van der Waals surface area contributed by atoms with Crippen molar-refractivity contribution in [2.45, 2.75) is 52.7 Å². The number of hydrogen-bond acceptors (Lipinski definition) is 6. The van der Waals surface area contributed by atoms with Gasteiger partial charge in [0.05, 0.1) is 24.3 Å². The van der Waals surface area contributed by atoms with Crippen LogP contribution >= 0.6 is 0 Å². The molecule has 0 saturated carbocycles. The molecule has 7 nitrogen and oxygen atoms in total. The average molecular weight is 335 g/mol. The fourth-order valence-electron chi connectivity index (χ4n) is 2.32. The van der Waals surface area contributed by atoms with Gasteiger partial charge >= 0.3 is 12.1 Å². The lowest BCUT2D eigenvalue weighted by atomic mass is 9.90. The largest absolute Gasteiger partial charge is 0.465 e. The van der Waals surface area contributed by atoms with Gasteiger partial charge in [0, 0.05) is 12.1 Å². The van der Waals surface area contributed by atoms with Gasteiger partial charge in [-0.1, -0.05) is 6.08 Å². The van der Waals surface area contributed by atoms with Crippen LogP contribution in [0.4, 0.5) is 4.79 Å². The number of nitrogens with one attached hydrogen (secondary N) is 1. The summed E-state index contributed by atoms with van der Waals surface area (Å²) in [7, 11) is 0. The van der Waals surface area contributed by atoms with E-state index >= 15 is 0 Å². The minimum Gasteiger partial charge on any atom is -0.465 e. The molecule has 2 atom stereocenters.